The van der Waals surface area contributed by atoms with Crippen LogP contribution in [0, 0.1) is 25.2 Å². The van der Waals surface area contributed by atoms with Crippen molar-refractivity contribution in [2.75, 3.05) is 11.9 Å². The number of aromatic nitrogens is 1. The lowest BCUT2D eigenvalue weighted by molar-refractivity contribution is 1.02. The van der Waals surface area contributed by atoms with Gasteiger partial charge in [0.1, 0.15) is 6.07 Å². The number of anilines is 1. The van der Waals surface area contributed by atoms with E-state index in [4.69, 9.17) is 5.26 Å². The predicted molar refractivity (Wildman–Crippen MR) is 74.9 cm³/mol. The van der Waals surface area contributed by atoms with Crippen LogP contribution in [0.3, 0.4) is 0 Å². The number of hydrogen-bond donors (Lipinski definition) is 1. The first kappa shape index (κ1) is 12.6. The fraction of sp³-hybridized carbons (Fsp3) is 0.286. The molecule has 92 valence electrons. The van der Waals surface area contributed by atoms with Crippen molar-refractivity contribution in [1.29, 1.82) is 5.26 Å². The number of nitrogens with zero attached hydrogens (tertiary/aromatic N) is 2. The Kier molecular flexibility index (Phi) is 3.96. The summed E-state index contributed by atoms with van der Waals surface area (Å²) in [5, 5.41) is 12.5. The van der Waals surface area contributed by atoms with E-state index in [0.717, 1.165) is 35.5 Å². The second kappa shape index (κ2) is 5.65. The van der Waals surface area contributed by atoms with Crippen molar-refractivity contribution in [1.82, 2.24) is 4.98 Å². The summed E-state index contributed by atoms with van der Waals surface area (Å²) in [6.07, 6.45) is 0.940. The molecule has 0 spiro atoms. The standard InChI is InChI=1S/C14H15N3S/c1-10-4-3-5-13(12(10)8-15)16-7-6-14-11(2)17-9-18-14/h3-5,9,16H,6-7H2,1-2H3. The van der Waals surface area contributed by atoms with Crippen molar-refractivity contribution in [3.63, 3.8) is 0 Å². The van der Waals surface area contributed by atoms with Crippen LogP contribution in [0.1, 0.15) is 21.7 Å². The van der Waals surface area contributed by atoms with Gasteiger partial charge in [-0.2, -0.15) is 5.26 Å². The van der Waals surface area contributed by atoms with E-state index in [0.29, 0.717) is 0 Å². The molecule has 0 fully saturated rings. The molecule has 0 unspecified atom stereocenters. The van der Waals surface area contributed by atoms with Gasteiger partial charge in [0.05, 0.1) is 22.5 Å². The molecule has 0 aliphatic rings. The summed E-state index contributed by atoms with van der Waals surface area (Å²) in [6.45, 7) is 4.80. The van der Waals surface area contributed by atoms with E-state index in [2.05, 4.69) is 16.4 Å². The second-order valence-corrected chi connectivity index (χ2v) is 5.09. The number of aryl methyl sites for hydroxylation is 2. The molecule has 1 aromatic heterocycles. The Bertz CT molecular complexity index is 581. The van der Waals surface area contributed by atoms with Gasteiger partial charge in [0.15, 0.2) is 0 Å². The molecule has 0 amide bonds. The molecule has 0 aliphatic heterocycles. The van der Waals surface area contributed by atoms with Crippen LogP contribution in [0.15, 0.2) is 23.7 Å². The minimum Gasteiger partial charge on any atom is -0.384 e. The molecule has 1 N–H and O–H groups in total. The van der Waals surface area contributed by atoms with Gasteiger partial charge in [-0.05, 0) is 25.5 Å². The quantitative estimate of drug-likeness (QED) is 0.914. The van der Waals surface area contributed by atoms with Crippen LogP contribution >= 0.6 is 11.3 Å². The van der Waals surface area contributed by atoms with Crippen molar-refractivity contribution in [2.45, 2.75) is 20.3 Å². The molecule has 1 aromatic carbocycles. The number of benzene rings is 1. The van der Waals surface area contributed by atoms with Crippen molar-refractivity contribution in [3.05, 3.63) is 45.4 Å². The van der Waals surface area contributed by atoms with E-state index in [9.17, 15) is 0 Å². The third kappa shape index (κ3) is 2.69. The molecule has 0 atom stereocenters. The van der Waals surface area contributed by atoms with Crippen LogP contribution in [-0.4, -0.2) is 11.5 Å². The smallest absolute Gasteiger partial charge is 0.102 e. The highest BCUT2D eigenvalue weighted by atomic mass is 32.1. The van der Waals surface area contributed by atoms with Crippen LogP contribution in [0.4, 0.5) is 5.69 Å². The third-order valence-corrected chi connectivity index (χ3v) is 3.89. The average Bonchev–Trinajstić information content (AvgIpc) is 2.75. The van der Waals surface area contributed by atoms with Crippen molar-refractivity contribution in [2.24, 2.45) is 0 Å². The van der Waals surface area contributed by atoms with Gasteiger partial charge in [0, 0.05) is 17.8 Å². The van der Waals surface area contributed by atoms with Gasteiger partial charge in [-0.3, -0.25) is 0 Å². The van der Waals surface area contributed by atoms with E-state index in [1.807, 2.05) is 37.6 Å². The number of nitriles is 1. The number of hydrogen-bond acceptors (Lipinski definition) is 4. The fourth-order valence-electron chi connectivity index (χ4n) is 1.84. The molecule has 0 saturated heterocycles. The molecule has 0 saturated carbocycles. The lowest BCUT2D eigenvalue weighted by atomic mass is 10.1. The second-order valence-electron chi connectivity index (χ2n) is 4.15. The Hall–Kier alpha value is -1.86. The van der Waals surface area contributed by atoms with Crippen LogP contribution in [0.5, 0.6) is 0 Å². The molecule has 0 aliphatic carbocycles. The van der Waals surface area contributed by atoms with Gasteiger partial charge in [-0.1, -0.05) is 12.1 Å². The van der Waals surface area contributed by atoms with Gasteiger partial charge in [0.2, 0.25) is 0 Å². The van der Waals surface area contributed by atoms with Crippen LogP contribution in [0.2, 0.25) is 0 Å². The van der Waals surface area contributed by atoms with Gasteiger partial charge < -0.3 is 5.32 Å². The summed E-state index contributed by atoms with van der Waals surface area (Å²) in [6, 6.07) is 8.12. The Morgan fingerprint density at radius 1 is 1.39 bits per heavy atom. The lowest BCUT2D eigenvalue weighted by Crippen LogP contribution is -2.06. The summed E-state index contributed by atoms with van der Waals surface area (Å²) in [7, 11) is 0. The zero-order valence-corrected chi connectivity index (χ0v) is 11.3. The topological polar surface area (TPSA) is 48.7 Å². The highest BCUT2D eigenvalue weighted by Crippen LogP contribution is 2.19. The van der Waals surface area contributed by atoms with Gasteiger partial charge in [-0.25, -0.2) is 4.98 Å². The Morgan fingerprint density at radius 2 is 2.22 bits per heavy atom. The highest BCUT2D eigenvalue weighted by Gasteiger charge is 2.05. The number of thiazole rings is 1. The largest absolute Gasteiger partial charge is 0.384 e. The summed E-state index contributed by atoms with van der Waals surface area (Å²) in [5.74, 6) is 0. The van der Waals surface area contributed by atoms with Gasteiger partial charge in [-0.15, -0.1) is 11.3 Å². The zero-order valence-electron chi connectivity index (χ0n) is 10.5. The third-order valence-electron chi connectivity index (χ3n) is 2.90. The molecular formula is C14H15N3S. The maximum absolute atomic E-state index is 9.13. The van der Waals surface area contributed by atoms with Crippen molar-refractivity contribution in [3.8, 4) is 6.07 Å². The Balaban J connectivity index is 2.01. The monoisotopic (exact) mass is 257 g/mol. The highest BCUT2D eigenvalue weighted by molar-refractivity contribution is 7.09. The van der Waals surface area contributed by atoms with E-state index in [1.54, 1.807) is 11.3 Å². The molecule has 2 rings (SSSR count). The average molecular weight is 257 g/mol. The van der Waals surface area contributed by atoms with E-state index >= 15 is 0 Å². The first-order chi connectivity index (χ1) is 8.72. The summed E-state index contributed by atoms with van der Waals surface area (Å²) < 4.78 is 0. The Labute approximate surface area is 111 Å². The van der Waals surface area contributed by atoms with Crippen LogP contribution in [-0.2, 0) is 6.42 Å². The molecule has 3 nitrogen and oxygen atoms in total. The first-order valence-corrected chi connectivity index (χ1v) is 6.73. The maximum Gasteiger partial charge on any atom is 0.102 e. The summed E-state index contributed by atoms with van der Waals surface area (Å²) >= 11 is 1.68. The van der Waals surface area contributed by atoms with E-state index < -0.39 is 0 Å². The van der Waals surface area contributed by atoms with Crippen molar-refractivity contribution < 1.29 is 0 Å². The predicted octanol–water partition coefficient (Wildman–Crippen LogP) is 3.29. The normalized spacial score (nSPS) is 10.1. The molecular weight excluding hydrogens is 242 g/mol. The minimum atomic E-state index is 0.735. The molecule has 1 heterocycles. The maximum atomic E-state index is 9.13. The Morgan fingerprint density at radius 3 is 2.89 bits per heavy atom. The summed E-state index contributed by atoms with van der Waals surface area (Å²) in [4.78, 5) is 5.53. The molecule has 2 aromatic rings. The molecule has 0 radical (unpaired) electrons. The summed E-state index contributed by atoms with van der Waals surface area (Å²) in [5.41, 5.74) is 5.64. The van der Waals surface area contributed by atoms with Gasteiger partial charge in [0.25, 0.3) is 0 Å². The molecule has 0 bridgehead atoms. The van der Waals surface area contributed by atoms with E-state index in [1.165, 1.54) is 4.88 Å². The molecule has 18 heavy (non-hydrogen) atoms. The number of nitrogens with one attached hydrogen (secondary N) is 1. The van der Waals surface area contributed by atoms with Gasteiger partial charge >= 0.3 is 0 Å². The van der Waals surface area contributed by atoms with Crippen LogP contribution < -0.4 is 5.32 Å². The minimum absolute atomic E-state index is 0.735. The zero-order chi connectivity index (χ0) is 13.0. The van der Waals surface area contributed by atoms with Crippen molar-refractivity contribution >= 4 is 17.0 Å². The van der Waals surface area contributed by atoms with E-state index in [-0.39, 0.29) is 0 Å². The first-order valence-electron chi connectivity index (χ1n) is 5.85. The van der Waals surface area contributed by atoms with Crippen LogP contribution in [0.25, 0.3) is 0 Å². The SMILES string of the molecule is Cc1cccc(NCCc2scnc2C)c1C#N. The lowest BCUT2D eigenvalue weighted by Gasteiger charge is -2.09. The number of rotatable bonds is 4. The fourth-order valence-corrected chi connectivity index (χ4v) is 2.62. The molecule has 4 heteroatoms.